The summed E-state index contributed by atoms with van der Waals surface area (Å²) in [4.78, 5) is 27.1. The molecule has 136 valence electrons. The van der Waals surface area contributed by atoms with Crippen molar-refractivity contribution in [2.45, 2.75) is 38.8 Å². The maximum Gasteiger partial charge on any atom is 0.329 e. The van der Waals surface area contributed by atoms with Crippen molar-refractivity contribution >= 4 is 11.9 Å². The molecule has 2 N–H and O–H groups in total. The summed E-state index contributed by atoms with van der Waals surface area (Å²) >= 11 is 0. The third-order valence-corrected chi connectivity index (χ3v) is 4.96. The van der Waals surface area contributed by atoms with Gasteiger partial charge in [0.25, 0.3) is 5.91 Å². The predicted octanol–water partition coefficient (Wildman–Crippen LogP) is 0.323. The number of nitrogens with zero attached hydrogens (tertiary/aromatic N) is 1. The number of benzene rings is 1. The highest BCUT2D eigenvalue weighted by atomic mass is 16.5. The van der Waals surface area contributed by atoms with Crippen molar-refractivity contribution in [3.63, 3.8) is 0 Å². The second kappa shape index (κ2) is 7.31. The number of rotatable bonds is 6. The van der Waals surface area contributed by atoms with Crippen LogP contribution in [0, 0.1) is 0 Å². The molecule has 1 aromatic carbocycles. The lowest BCUT2D eigenvalue weighted by molar-refractivity contribution is -0.923. The molecule has 3 rings (SSSR count). The number of carbonyl (C=O) groups is 2. The van der Waals surface area contributed by atoms with Crippen molar-refractivity contribution in [3.05, 3.63) is 23.3 Å². The molecule has 1 fully saturated rings. The maximum atomic E-state index is 12.4. The molecule has 2 aliphatic heterocycles. The maximum absolute atomic E-state index is 12.4. The van der Waals surface area contributed by atoms with E-state index in [4.69, 9.17) is 9.47 Å². The molecule has 0 aromatic heterocycles. The van der Waals surface area contributed by atoms with Gasteiger partial charge >= 0.3 is 6.03 Å². The smallest absolute Gasteiger partial charge is 0.329 e. The van der Waals surface area contributed by atoms with Crippen molar-refractivity contribution in [1.82, 2.24) is 10.2 Å². The second-order valence-corrected chi connectivity index (χ2v) is 6.62. The Balaban J connectivity index is 1.71. The fraction of sp³-hybridized carbons (Fsp3) is 0.556. The summed E-state index contributed by atoms with van der Waals surface area (Å²) in [6.45, 7) is 4.04. The van der Waals surface area contributed by atoms with Gasteiger partial charge in [-0.3, -0.25) is 4.79 Å². The number of quaternary nitrogens is 1. The average molecular weight is 348 g/mol. The molecule has 25 heavy (non-hydrogen) atoms. The number of nitrogens with one attached hydrogen (secondary N) is 2. The van der Waals surface area contributed by atoms with Gasteiger partial charge in [-0.25, -0.2) is 9.69 Å². The monoisotopic (exact) mass is 348 g/mol. The lowest BCUT2D eigenvalue weighted by Crippen LogP contribution is -3.13. The number of imide groups is 1. The van der Waals surface area contributed by atoms with Crippen LogP contribution < -0.4 is 19.7 Å². The topological polar surface area (TPSA) is 72.3 Å². The van der Waals surface area contributed by atoms with E-state index in [2.05, 4.69) is 5.32 Å². The molecule has 0 spiro atoms. The fourth-order valence-corrected chi connectivity index (χ4v) is 3.60. The molecule has 7 nitrogen and oxygen atoms in total. The number of carbonyl (C=O) groups excluding carboxylic acids is 2. The van der Waals surface area contributed by atoms with Gasteiger partial charge in [0.1, 0.15) is 12.6 Å². The van der Waals surface area contributed by atoms with Crippen molar-refractivity contribution in [1.29, 1.82) is 0 Å². The lowest BCUT2D eigenvalue weighted by atomic mass is 9.99. The minimum atomic E-state index is -0.363. The molecular weight excluding hydrogens is 322 g/mol. The van der Waals surface area contributed by atoms with Gasteiger partial charge in [0.05, 0.1) is 20.8 Å². The Labute approximate surface area is 147 Å². The Morgan fingerprint density at radius 3 is 2.52 bits per heavy atom. The van der Waals surface area contributed by atoms with E-state index in [1.165, 1.54) is 20.9 Å². The van der Waals surface area contributed by atoms with Crippen LogP contribution in [0.25, 0.3) is 0 Å². The van der Waals surface area contributed by atoms with Gasteiger partial charge in [0.15, 0.2) is 18.2 Å². The first-order valence-corrected chi connectivity index (χ1v) is 8.76. The molecule has 1 unspecified atom stereocenters. The Bertz CT molecular complexity index is 677. The number of fused-ring (bicyclic) bond motifs is 1. The van der Waals surface area contributed by atoms with Gasteiger partial charge in [0, 0.05) is 12.0 Å². The fourth-order valence-electron chi connectivity index (χ4n) is 3.60. The van der Waals surface area contributed by atoms with Crippen molar-refractivity contribution in [2.75, 3.05) is 27.4 Å². The molecule has 0 radical (unpaired) electrons. The summed E-state index contributed by atoms with van der Waals surface area (Å²) in [5.74, 6) is 1.35. The van der Waals surface area contributed by atoms with Crippen LogP contribution in [0.2, 0.25) is 0 Å². The van der Waals surface area contributed by atoms with E-state index in [1.54, 1.807) is 14.2 Å². The van der Waals surface area contributed by atoms with Crippen LogP contribution in [0.1, 0.15) is 30.9 Å². The van der Waals surface area contributed by atoms with Gasteiger partial charge in [-0.15, -0.1) is 0 Å². The van der Waals surface area contributed by atoms with E-state index in [-0.39, 0.29) is 18.0 Å². The predicted molar refractivity (Wildman–Crippen MR) is 91.7 cm³/mol. The van der Waals surface area contributed by atoms with Crippen LogP contribution in [0.3, 0.4) is 0 Å². The third kappa shape index (κ3) is 3.42. The minimum absolute atomic E-state index is 0.0996. The molecule has 0 aliphatic carbocycles. The average Bonchev–Trinajstić information content (AvgIpc) is 2.88. The van der Waals surface area contributed by atoms with Gasteiger partial charge < -0.3 is 19.7 Å². The number of hydrogen-bond acceptors (Lipinski definition) is 4. The highest BCUT2D eigenvalue weighted by Gasteiger charge is 2.39. The molecule has 1 saturated heterocycles. The Morgan fingerprint density at radius 2 is 1.88 bits per heavy atom. The molecule has 2 atom stereocenters. The summed E-state index contributed by atoms with van der Waals surface area (Å²) in [5.41, 5.74) is 2.42. The van der Waals surface area contributed by atoms with Crippen molar-refractivity contribution < 1.29 is 24.0 Å². The normalized spacial score (nSPS) is 22.6. The Kier molecular flexibility index (Phi) is 5.13. The van der Waals surface area contributed by atoms with E-state index >= 15 is 0 Å². The zero-order valence-corrected chi connectivity index (χ0v) is 15.1. The van der Waals surface area contributed by atoms with Crippen LogP contribution >= 0.6 is 0 Å². The standard InChI is InChI=1S/C18H25N3O4/c1-4-5-14-17(22)21(18(23)19-14)11-20-7-6-12-8-15(24-2)16(25-3)9-13(12)10-20/h8-9,14H,4-7,10-11H2,1-3H3,(H,19,23)/p+1/t14-/m0/s1. The molecule has 2 aliphatic rings. The second-order valence-electron chi connectivity index (χ2n) is 6.62. The first kappa shape index (κ1) is 17.5. The van der Waals surface area contributed by atoms with Crippen LogP contribution in [0.15, 0.2) is 12.1 Å². The van der Waals surface area contributed by atoms with Crippen LogP contribution in [-0.4, -0.2) is 50.3 Å². The highest BCUT2D eigenvalue weighted by Crippen LogP contribution is 2.31. The summed E-state index contributed by atoms with van der Waals surface area (Å²) in [6, 6.07) is 3.39. The molecular formula is C18H26N3O4+. The lowest BCUT2D eigenvalue weighted by Gasteiger charge is -2.28. The van der Waals surface area contributed by atoms with E-state index in [0.29, 0.717) is 18.8 Å². The number of urea groups is 1. The molecule has 3 amide bonds. The van der Waals surface area contributed by atoms with Crippen LogP contribution in [0.4, 0.5) is 4.79 Å². The summed E-state index contributed by atoms with van der Waals surface area (Å²) < 4.78 is 10.7. The van der Waals surface area contributed by atoms with Crippen LogP contribution in [-0.2, 0) is 17.8 Å². The summed E-state index contributed by atoms with van der Waals surface area (Å²) in [5, 5.41) is 2.78. The van der Waals surface area contributed by atoms with Gasteiger partial charge in [0.2, 0.25) is 0 Å². The van der Waals surface area contributed by atoms with E-state index in [0.717, 1.165) is 31.7 Å². The number of ether oxygens (including phenoxy) is 2. The first-order chi connectivity index (χ1) is 12.1. The molecule has 0 saturated carbocycles. The van der Waals surface area contributed by atoms with Crippen molar-refractivity contribution in [3.8, 4) is 11.5 Å². The highest BCUT2D eigenvalue weighted by molar-refractivity contribution is 6.03. The third-order valence-electron chi connectivity index (χ3n) is 4.96. The van der Waals surface area contributed by atoms with Crippen LogP contribution in [0.5, 0.6) is 11.5 Å². The minimum Gasteiger partial charge on any atom is -0.493 e. The quantitative estimate of drug-likeness (QED) is 0.727. The summed E-state index contributed by atoms with van der Waals surface area (Å²) in [7, 11) is 3.26. The molecule has 2 heterocycles. The zero-order chi connectivity index (χ0) is 18.0. The Morgan fingerprint density at radius 1 is 1.20 bits per heavy atom. The van der Waals surface area contributed by atoms with Gasteiger partial charge in [-0.2, -0.15) is 0 Å². The van der Waals surface area contributed by atoms with Crippen molar-refractivity contribution in [2.24, 2.45) is 0 Å². The first-order valence-electron chi connectivity index (χ1n) is 8.76. The zero-order valence-electron chi connectivity index (χ0n) is 15.1. The van der Waals surface area contributed by atoms with E-state index < -0.39 is 0 Å². The SMILES string of the molecule is CCC[C@@H]1NC(=O)N(C[NH+]2CCc3cc(OC)c(OC)cc3C2)C1=O. The number of amides is 3. The summed E-state index contributed by atoms with van der Waals surface area (Å²) in [6.07, 6.45) is 2.44. The van der Waals surface area contributed by atoms with E-state index in [9.17, 15) is 9.59 Å². The Hall–Kier alpha value is -2.28. The largest absolute Gasteiger partial charge is 0.493 e. The molecule has 0 bridgehead atoms. The van der Waals surface area contributed by atoms with E-state index in [1.807, 2.05) is 19.1 Å². The molecule has 1 aromatic rings. The van der Waals surface area contributed by atoms with Gasteiger partial charge in [-0.1, -0.05) is 13.3 Å². The number of methoxy groups -OCH3 is 2. The van der Waals surface area contributed by atoms with Gasteiger partial charge in [-0.05, 0) is 24.1 Å². The molecule has 7 heteroatoms. The number of hydrogen-bond donors (Lipinski definition) is 2.